The Morgan fingerprint density at radius 3 is 2.72 bits per heavy atom. The zero-order chi connectivity index (χ0) is 13.3. The van der Waals surface area contributed by atoms with Crippen LogP contribution in [0.25, 0.3) is 0 Å². The van der Waals surface area contributed by atoms with E-state index in [1.165, 1.54) is 5.56 Å². The Morgan fingerprint density at radius 1 is 1.44 bits per heavy atom. The molecule has 18 heavy (non-hydrogen) atoms. The Morgan fingerprint density at radius 2 is 2.17 bits per heavy atom. The molecule has 100 valence electrons. The van der Waals surface area contributed by atoms with Gasteiger partial charge in [-0.2, -0.15) is 0 Å². The molecule has 0 aliphatic carbocycles. The Bertz CT molecular complexity index is 417. The highest BCUT2D eigenvalue weighted by Crippen LogP contribution is 2.39. The first kappa shape index (κ1) is 13.5. The zero-order valence-corrected chi connectivity index (χ0v) is 11.5. The van der Waals surface area contributed by atoms with E-state index in [1.54, 1.807) is 12.1 Å². The normalized spacial score (nSPS) is 25.0. The van der Waals surface area contributed by atoms with Crippen LogP contribution in [0.4, 0.5) is 4.39 Å². The number of nitrogens with two attached hydrogens (primary N) is 1. The molecule has 1 saturated heterocycles. The second kappa shape index (κ2) is 5.37. The van der Waals surface area contributed by atoms with Gasteiger partial charge in [0.15, 0.2) is 0 Å². The molecule has 2 atom stereocenters. The predicted molar refractivity (Wildman–Crippen MR) is 72.9 cm³/mol. The molecular weight excluding hydrogens is 227 g/mol. The third kappa shape index (κ3) is 2.43. The molecule has 2 unspecified atom stereocenters. The van der Waals surface area contributed by atoms with Crippen molar-refractivity contribution in [1.82, 2.24) is 4.90 Å². The van der Waals surface area contributed by atoms with Crippen LogP contribution in [0.2, 0.25) is 0 Å². The van der Waals surface area contributed by atoms with E-state index in [1.807, 2.05) is 13.0 Å². The lowest BCUT2D eigenvalue weighted by Gasteiger charge is -2.32. The highest BCUT2D eigenvalue weighted by Gasteiger charge is 2.36. The maximum Gasteiger partial charge on any atom is 0.123 e. The molecule has 0 radical (unpaired) electrons. The van der Waals surface area contributed by atoms with Crippen molar-refractivity contribution in [3.63, 3.8) is 0 Å². The van der Waals surface area contributed by atoms with E-state index in [4.69, 9.17) is 5.73 Å². The third-order valence-corrected chi connectivity index (χ3v) is 4.08. The van der Waals surface area contributed by atoms with Gasteiger partial charge in [0, 0.05) is 12.1 Å². The highest BCUT2D eigenvalue weighted by atomic mass is 19.1. The first-order chi connectivity index (χ1) is 8.54. The average Bonchev–Trinajstić information content (AvgIpc) is 2.72. The number of aryl methyl sites for hydroxylation is 1. The lowest BCUT2D eigenvalue weighted by Crippen LogP contribution is -2.33. The van der Waals surface area contributed by atoms with Gasteiger partial charge in [0.25, 0.3) is 0 Å². The van der Waals surface area contributed by atoms with Crippen LogP contribution < -0.4 is 5.73 Å². The Labute approximate surface area is 109 Å². The monoisotopic (exact) mass is 250 g/mol. The maximum absolute atomic E-state index is 13.2. The van der Waals surface area contributed by atoms with Gasteiger partial charge in [0.1, 0.15) is 5.82 Å². The smallest absolute Gasteiger partial charge is 0.123 e. The number of hydrogen-bond donors (Lipinski definition) is 1. The molecule has 1 aromatic rings. The lowest BCUT2D eigenvalue weighted by molar-refractivity contribution is 0.184. The summed E-state index contributed by atoms with van der Waals surface area (Å²) in [5, 5.41) is 0. The van der Waals surface area contributed by atoms with Crippen LogP contribution >= 0.6 is 0 Å². The van der Waals surface area contributed by atoms with E-state index < -0.39 is 0 Å². The predicted octanol–water partition coefficient (Wildman–Crippen LogP) is 2.86. The average molecular weight is 250 g/mol. The van der Waals surface area contributed by atoms with Crippen LogP contribution in [0.1, 0.15) is 37.4 Å². The molecule has 2 rings (SSSR count). The second-order valence-electron chi connectivity index (χ2n) is 5.56. The van der Waals surface area contributed by atoms with Gasteiger partial charge in [0.05, 0.1) is 0 Å². The van der Waals surface area contributed by atoms with Gasteiger partial charge in [-0.15, -0.1) is 0 Å². The molecule has 1 heterocycles. The van der Waals surface area contributed by atoms with E-state index >= 15 is 0 Å². The summed E-state index contributed by atoms with van der Waals surface area (Å²) in [6.45, 7) is 8.20. The minimum Gasteiger partial charge on any atom is -0.330 e. The quantitative estimate of drug-likeness (QED) is 0.893. The standard InChI is InChI=1S/C15H23FN2/c1-10(2)18-7-6-12(9-17)15(18)14-5-4-13(16)8-11(14)3/h4-5,8,10,12,15H,6-7,9,17H2,1-3H3. The Kier molecular flexibility index (Phi) is 4.03. The van der Waals surface area contributed by atoms with E-state index in [-0.39, 0.29) is 5.82 Å². The van der Waals surface area contributed by atoms with E-state index in [0.29, 0.717) is 24.5 Å². The van der Waals surface area contributed by atoms with Crippen molar-refractivity contribution < 1.29 is 4.39 Å². The fourth-order valence-electron chi connectivity index (χ4n) is 3.11. The topological polar surface area (TPSA) is 29.3 Å². The summed E-state index contributed by atoms with van der Waals surface area (Å²) in [6, 6.07) is 5.96. The third-order valence-electron chi connectivity index (χ3n) is 4.08. The molecule has 0 amide bonds. The van der Waals surface area contributed by atoms with Crippen molar-refractivity contribution in [1.29, 1.82) is 0 Å². The minimum absolute atomic E-state index is 0.158. The van der Waals surface area contributed by atoms with Gasteiger partial charge in [-0.3, -0.25) is 4.90 Å². The van der Waals surface area contributed by atoms with Crippen molar-refractivity contribution in [2.24, 2.45) is 11.7 Å². The number of hydrogen-bond acceptors (Lipinski definition) is 2. The molecular formula is C15H23FN2. The van der Waals surface area contributed by atoms with Crippen molar-refractivity contribution in [3.8, 4) is 0 Å². The lowest BCUT2D eigenvalue weighted by atomic mass is 9.90. The van der Waals surface area contributed by atoms with Crippen LogP contribution in [-0.4, -0.2) is 24.0 Å². The van der Waals surface area contributed by atoms with Gasteiger partial charge in [0.2, 0.25) is 0 Å². The number of nitrogens with zero attached hydrogens (tertiary/aromatic N) is 1. The van der Waals surface area contributed by atoms with Crippen molar-refractivity contribution in [3.05, 3.63) is 35.1 Å². The number of halogens is 1. The minimum atomic E-state index is -0.158. The van der Waals surface area contributed by atoms with E-state index in [2.05, 4.69) is 18.7 Å². The second-order valence-corrected chi connectivity index (χ2v) is 5.56. The molecule has 1 fully saturated rings. The molecule has 1 aliphatic heterocycles. The van der Waals surface area contributed by atoms with Gasteiger partial charge in [-0.1, -0.05) is 6.07 Å². The van der Waals surface area contributed by atoms with Gasteiger partial charge in [-0.05, 0) is 69.5 Å². The molecule has 1 aliphatic rings. The fraction of sp³-hybridized carbons (Fsp3) is 0.600. The summed E-state index contributed by atoms with van der Waals surface area (Å²) in [5.74, 6) is 0.325. The molecule has 0 bridgehead atoms. The summed E-state index contributed by atoms with van der Waals surface area (Å²) in [5.41, 5.74) is 8.17. The molecule has 0 spiro atoms. The van der Waals surface area contributed by atoms with Crippen LogP contribution in [0.15, 0.2) is 18.2 Å². The number of benzene rings is 1. The molecule has 2 nitrogen and oxygen atoms in total. The number of likely N-dealkylation sites (tertiary alicyclic amines) is 1. The van der Waals surface area contributed by atoms with Crippen LogP contribution in [0.5, 0.6) is 0 Å². The summed E-state index contributed by atoms with van der Waals surface area (Å²) in [4.78, 5) is 2.48. The molecule has 1 aromatic carbocycles. The van der Waals surface area contributed by atoms with Crippen molar-refractivity contribution >= 4 is 0 Å². The van der Waals surface area contributed by atoms with Crippen LogP contribution in [0.3, 0.4) is 0 Å². The highest BCUT2D eigenvalue weighted by molar-refractivity contribution is 5.31. The fourth-order valence-corrected chi connectivity index (χ4v) is 3.11. The Balaban J connectivity index is 2.37. The van der Waals surface area contributed by atoms with E-state index in [9.17, 15) is 4.39 Å². The molecule has 0 saturated carbocycles. The summed E-state index contributed by atoms with van der Waals surface area (Å²) < 4.78 is 13.2. The molecule has 3 heteroatoms. The number of rotatable bonds is 3. The summed E-state index contributed by atoms with van der Waals surface area (Å²) in [7, 11) is 0. The largest absolute Gasteiger partial charge is 0.330 e. The van der Waals surface area contributed by atoms with Gasteiger partial charge < -0.3 is 5.73 Å². The first-order valence-electron chi connectivity index (χ1n) is 6.76. The van der Waals surface area contributed by atoms with E-state index in [0.717, 1.165) is 18.5 Å². The Hall–Kier alpha value is -0.930. The maximum atomic E-state index is 13.2. The molecule has 0 aromatic heterocycles. The SMILES string of the molecule is Cc1cc(F)ccc1C1C(CN)CCN1C(C)C. The zero-order valence-electron chi connectivity index (χ0n) is 11.5. The van der Waals surface area contributed by atoms with Gasteiger partial charge in [-0.25, -0.2) is 4.39 Å². The molecule has 2 N–H and O–H groups in total. The summed E-state index contributed by atoms with van der Waals surface area (Å²) >= 11 is 0. The summed E-state index contributed by atoms with van der Waals surface area (Å²) in [6.07, 6.45) is 1.14. The van der Waals surface area contributed by atoms with Crippen molar-refractivity contribution in [2.75, 3.05) is 13.1 Å². The van der Waals surface area contributed by atoms with Gasteiger partial charge >= 0.3 is 0 Å². The first-order valence-corrected chi connectivity index (χ1v) is 6.76. The van der Waals surface area contributed by atoms with Crippen molar-refractivity contribution in [2.45, 2.75) is 39.3 Å². The van der Waals surface area contributed by atoms with Crippen LogP contribution in [0, 0.1) is 18.7 Å². The van der Waals surface area contributed by atoms with Crippen LogP contribution in [-0.2, 0) is 0 Å².